The number of methoxy groups -OCH3 is 4. The first-order chi connectivity index (χ1) is 12.1. The molecule has 1 fully saturated rings. The quantitative estimate of drug-likeness (QED) is 0.754. The summed E-state index contributed by atoms with van der Waals surface area (Å²) in [6.45, 7) is 0. The Morgan fingerprint density at radius 2 is 1.56 bits per heavy atom. The number of esters is 1. The molecule has 0 radical (unpaired) electrons. The smallest absolute Gasteiger partial charge is 0.316 e. The molecule has 2 aromatic rings. The number of ether oxygens (including phenoxy) is 4. The van der Waals surface area contributed by atoms with Crippen LogP contribution in [-0.4, -0.2) is 34.4 Å². The lowest BCUT2D eigenvalue weighted by Gasteiger charge is -2.20. The van der Waals surface area contributed by atoms with Crippen LogP contribution in [0.1, 0.15) is 23.5 Å². The third-order valence-corrected chi connectivity index (χ3v) is 4.89. The van der Waals surface area contributed by atoms with Crippen molar-refractivity contribution < 1.29 is 23.7 Å². The average Bonchev–Trinajstić information content (AvgIpc) is 3.43. The summed E-state index contributed by atoms with van der Waals surface area (Å²) >= 11 is 0. The Labute approximate surface area is 147 Å². The first-order valence-corrected chi connectivity index (χ1v) is 8.06. The van der Waals surface area contributed by atoms with E-state index >= 15 is 0 Å². The second-order valence-electron chi connectivity index (χ2n) is 6.04. The highest BCUT2D eigenvalue weighted by atomic mass is 16.5. The van der Waals surface area contributed by atoms with Gasteiger partial charge in [0.05, 0.1) is 28.4 Å². The van der Waals surface area contributed by atoms with Gasteiger partial charge in [-0.25, -0.2) is 0 Å². The Hall–Kier alpha value is -2.69. The van der Waals surface area contributed by atoms with Crippen LogP contribution in [0.4, 0.5) is 0 Å². The highest BCUT2D eigenvalue weighted by Crippen LogP contribution is 2.62. The highest BCUT2D eigenvalue weighted by molar-refractivity contribution is 5.90. The molecule has 2 aromatic carbocycles. The van der Waals surface area contributed by atoms with Crippen LogP contribution in [0.3, 0.4) is 0 Å². The van der Waals surface area contributed by atoms with Gasteiger partial charge in [0.1, 0.15) is 5.41 Å². The minimum absolute atomic E-state index is 0.0592. The molecule has 0 unspecified atom stereocenters. The second kappa shape index (κ2) is 6.67. The van der Waals surface area contributed by atoms with Crippen molar-refractivity contribution in [2.24, 2.45) is 0 Å². The van der Waals surface area contributed by atoms with E-state index in [2.05, 4.69) is 0 Å². The van der Waals surface area contributed by atoms with Gasteiger partial charge in [-0.1, -0.05) is 30.3 Å². The molecule has 0 aliphatic heterocycles. The summed E-state index contributed by atoms with van der Waals surface area (Å²) in [6, 6.07) is 13.7. The van der Waals surface area contributed by atoms with Gasteiger partial charge in [0.2, 0.25) is 5.75 Å². The maximum absolute atomic E-state index is 12.7. The molecular weight excluding hydrogens is 320 g/mol. The Kier molecular flexibility index (Phi) is 4.57. The van der Waals surface area contributed by atoms with Crippen LogP contribution in [0.5, 0.6) is 17.2 Å². The van der Waals surface area contributed by atoms with Gasteiger partial charge in [0.15, 0.2) is 11.5 Å². The average molecular weight is 342 g/mol. The standard InChI is InChI=1S/C20H22O5/c1-22-16-10-14(11-17(23-2)18(16)24-3)20(19(21)25-4)12-15(20)13-8-6-5-7-9-13/h5-11,15H,12H2,1-4H3/t15-,20-/m1/s1. The van der Waals surface area contributed by atoms with Crippen molar-refractivity contribution in [2.45, 2.75) is 17.8 Å². The van der Waals surface area contributed by atoms with Crippen molar-refractivity contribution in [2.75, 3.05) is 28.4 Å². The molecule has 25 heavy (non-hydrogen) atoms. The lowest BCUT2D eigenvalue weighted by atomic mass is 9.90. The predicted octanol–water partition coefficient (Wildman–Crippen LogP) is 3.31. The fraction of sp³-hybridized carbons (Fsp3) is 0.350. The van der Waals surface area contributed by atoms with Crippen LogP contribution in [0.25, 0.3) is 0 Å². The molecule has 1 saturated carbocycles. The summed E-state index contributed by atoms with van der Waals surface area (Å²) in [5.74, 6) is 1.36. The van der Waals surface area contributed by atoms with Gasteiger partial charge >= 0.3 is 5.97 Å². The maximum Gasteiger partial charge on any atom is 0.316 e. The van der Waals surface area contributed by atoms with Crippen molar-refractivity contribution in [1.29, 1.82) is 0 Å². The summed E-state index contributed by atoms with van der Waals surface area (Å²) < 4.78 is 21.4. The van der Waals surface area contributed by atoms with Crippen molar-refractivity contribution in [3.05, 3.63) is 53.6 Å². The van der Waals surface area contributed by atoms with E-state index in [0.717, 1.165) is 11.1 Å². The van der Waals surface area contributed by atoms with Crippen LogP contribution in [0.2, 0.25) is 0 Å². The monoisotopic (exact) mass is 342 g/mol. The minimum atomic E-state index is -0.733. The maximum atomic E-state index is 12.7. The lowest BCUT2D eigenvalue weighted by molar-refractivity contribution is -0.143. The number of rotatable bonds is 6. The van der Waals surface area contributed by atoms with E-state index in [4.69, 9.17) is 18.9 Å². The minimum Gasteiger partial charge on any atom is -0.493 e. The van der Waals surface area contributed by atoms with Gasteiger partial charge in [-0.15, -0.1) is 0 Å². The molecule has 0 N–H and O–H groups in total. The molecule has 132 valence electrons. The lowest BCUT2D eigenvalue weighted by Crippen LogP contribution is -2.24. The first-order valence-electron chi connectivity index (χ1n) is 8.06. The summed E-state index contributed by atoms with van der Waals surface area (Å²) in [4.78, 5) is 12.7. The zero-order valence-corrected chi connectivity index (χ0v) is 14.9. The van der Waals surface area contributed by atoms with Crippen LogP contribution >= 0.6 is 0 Å². The number of carbonyl (C=O) groups excluding carboxylic acids is 1. The Morgan fingerprint density at radius 1 is 0.960 bits per heavy atom. The van der Waals surface area contributed by atoms with Gasteiger partial charge in [-0.3, -0.25) is 4.79 Å². The summed E-state index contributed by atoms with van der Waals surface area (Å²) in [5.41, 5.74) is 1.19. The summed E-state index contributed by atoms with van der Waals surface area (Å²) in [7, 11) is 6.10. The highest BCUT2D eigenvalue weighted by Gasteiger charge is 2.63. The van der Waals surface area contributed by atoms with E-state index in [-0.39, 0.29) is 11.9 Å². The molecule has 0 spiro atoms. The van der Waals surface area contributed by atoms with Gasteiger partial charge in [0.25, 0.3) is 0 Å². The molecule has 3 rings (SSSR count). The normalized spacial score (nSPS) is 21.4. The molecule has 0 heterocycles. The van der Waals surface area contributed by atoms with Crippen LogP contribution in [0, 0.1) is 0 Å². The number of carbonyl (C=O) groups is 1. The van der Waals surface area contributed by atoms with Gasteiger partial charge in [-0.05, 0) is 29.7 Å². The number of hydrogen-bond donors (Lipinski definition) is 0. The number of benzene rings is 2. The molecule has 5 nitrogen and oxygen atoms in total. The van der Waals surface area contributed by atoms with Gasteiger partial charge in [-0.2, -0.15) is 0 Å². The second-order valence-corrected chi connectivity index (χ2v) is 6.04. The Balaban J connectivity index is 2.12. The molecule has 1 aliphatic rings. The van der Waals surface area contributed by atoms with E-state index in [0.29, 0.717) is 23.7 Å². The third kappa shape index (κ3) is 2.69. The third-order valence-electron chi connectivity index (χ3n) is 4.89. The predicted molar refractivity (Wildman–Crippen MR) is 93.6 cm³/mol. The molecule has 0 saturated heterocycles. The molecule has 0 bridgehead atoms. The molecule has 0 aromatic heterocycles. The first kappa shape index (κ1) is 17.1. The van der Waals surface area contributed by atoms with Gasteiger partial charge < -0.3 is 18.9 Å². The van der Waals surface area contributed by atoms with E-state index in [1.54, 1.807) is 21.3 Å². The molecular formula is C20H22O5. The summed E-state index contributed by atoms with van der Waals surface area (Å²) in [6.07, 6.45) is 0.683. The SMILES string of the molecule is COC(=O)[C@@]1(c2cc(OC)c(OC)c(OC)c2)C[C@@H]1c1ccccc1. The molecule has 0 amide bonds. The zero-order valence-electron chi connectivity index (χ0n) is 14.9. The van der Waals surface area contributed by atoms with Crippen molar-refractivity contribution >= 4 is 5.97 Å². The van der Waals surface area contributed by atoms with E-state index < -0.39 is 5.41 Å². The van der Waals surface area contributed by atoms with Crippen molar-refractivity contribution in [3.63, 3.8) is 0 Å². The number of hydrogen-bond acceptors (Lipinski definition) is 5. The Bertz CT molecular complexity index is 746. The molecule has 2 atom stereocenters. The van der Waals surface area contributed by atoms with Crippen molar-refractivity contribution in [3.8, 4) is 17.2 Å². The zero-order chi connectivity index (χ0) is 18.0. The van der Waals surface area contributed by atoms with E-state index in [9.17, 15) is 4.79 Å². The fourth-order valence-corrected chi connectivity index (χ4v) is 3.53. The van der Waals surface area contributed by atoms with Crippen LogP contribution in [0.15, 0.2) is 42.5 Å². The van der Waals surface area contributed by atoms with Crippen LogP contribution in [-0.2, 0) is 14.9 Å². The van der Waals surface area contributed by atoms with Gasteiger partial charge in [0, 0.05) is 5.92 Å². The molecule has 5 heteroatoms. The van der Waals surface area contributed by atoms with Crippen molar-refractivity contribution in [1.82, 2.24) is 0 Å². The van der Waals surface area contributed by atoms with E-state index in [1.807, 2.05) is 42.5 Å². The largest absolute Gasteiger partial charge is 0.493 e. The Morgan fingerprint density at radius 3 is 2.04 bits per heavy atom. The van der Waals surface area contributed by atoms with Crippen LogP contribution < -0.4 is 14.2 Å². The van der Waals surface area contributed by atoms with E-state index in [1.165, 1.54) is 7.11 Å². The topological polar surface area (TPSA) is 54.0 Å². The summed E-state index contributed by atoms with van der Waals surface area (Å²) in [5, 5.41) is 0. The molecule has 1 aliphatic carbocycles. The fourth-order valence-electron chi connectivity index (χ4n) is 3.53.